The fraction of sp³-hybridized carbons (Fsp3) is 0.867. The fourth-order valence-corrected chi connectivity index (χ4v) is 2.18. The molecule has 1 aliphatic rings. The average molecular weight is 236 g/mol. The van der Waals surface area contributed by atoms with Gasteiger partial charge in [-0.2, -0.15) is 0 Å². The molecule has 2 nitrogen and oxygen atoms in total. The molecule has 0 amide bonds. The highest BCUT2D eigenvalue weighted by atomic mass is 15.1. The van der Waals surface area contributed by atoms with Gasteiger partial charge in [0.05, 0.1) is 6.54 Å². The molecule has 0 radical (unpaired) electrons. The number of nitrogens with zero attached hydrogens (tertiary/aromatic N) is 1. The van der Waals surface area contributed by atoms with E-state index in [2.05, 4.69) is 49.8 Å². The van der Waals surface area contributed by atoms with Gasteiger partial charge in [0.25, 0.3) is 0 Å². The van der Waals surface area contributed by atoms with E-state index in [1.54, 1.807) is 0 Å². The maximum absolute atomic E-state index is 3.56. The molecule has 0 aliphatic carbocycles. The first-order chi connectivity index (χ1) is 8.01. The Labute approximate surface area is 107 Å². The second-order valence-electron chi connectivity index (χ2n) is 6.05. The highest BCUT2D eigenvalue weighted by Crippen LogP contribution is 2.11. The Balaban J connectivity index is 2.16. The van der Waals surface area contributed by atoms with Gasteiger partial charge >= 0.3 is 0 Å². The van der Waals surface area contributed by atoms with Gasteiger partial charge in [-0.3, -0.25) is 0 Å². The molecule has 0 aromatic heterocycles. The lowest BCUT2D eigenvalue weighted by Gasteiger charge is -2.31. The third-order valence-corrected chi connectivity index (χ3v) is 3.07. The Hall–Kier alpha value is -0.520. The lowest BCUT2D eigenvalue weighted by atomic mass is 9.98. The van der Waals surface area contributed by atoms with Gasteiger partial charge in [-0.15, -0.1) is 0 Å². The monoisotopic (exact) mass is 236 g/mol. The van der Waals surface area contributed by atoms with E-state index < -0.39 is 0 Å². The molecule has 0 aromatic carbocycles. The van der Waals surface area contributed by atoms with E-state index in [0.717, 1.165) is 6.54 Å². The van der Waals surface area contributed by atoms with Gasteiger partial charge in [0.2, 0.25) is 0 Å². The molecule has 0 aromatic rings. The molecule has 0 bridgehead atoms. The summed E-state index contributed by atoms with van der Waals surface area (Å²) in [5, 5.41) is 3.56. The van der Waals surface area contributed by atoms with Crippen LogP contribution in [0.2, 0.25) is 0 Å². The molecule has 17 heavy (non-hydrogen) atoms. The van der Waals surface area contributed by atoms with E-state index in [0.29, 0.717) is 6.04 Å². The van der Waals surface area contributed by atoms with Crippen LogP contribution in [0, 0.1) is 17.3 Å². The molecule has 2 heteroatoms. The number of hydrogen-bond donors (Lipinski definition) is 1. The standard InChI is InChI=1S/C15H28N2/c1-5-11-17-12-7-14(8-13-17)16-10-6-9-15(2,3)4/h14,16H,5,7-8,10-13H2,1-4H3. The van der Waals surface area contributed by atoms with Gasteiger partial charge in [-0.1, -0.05) is 18.8 Å². The number of rotatable bonds is 4. The first-order valence-corrected chi connectivity index (χ1v) is 6.97. The number of hydrogen-bond acceptors (Lipinski definition) is 2. The molecule has 1 saturated heterocycles. The number of piperidine rings is 1. The summed E-state index contributed by atoms with van der Waals surface area (Å²) in [5.74, 6) is 6.50. The molecule has 0 unspecified atom stereocenters. The van der Waals surface area contributed by atoms with Crippen LogP contribution in [0.15, 0.2) is 0 Å². The highest BCUT2D eigenvalue weighted by Gasteiger charge is 2.17. The molecule has 0 spiro atoms. The normalized spacial score (nSPS) is 18.8. The maximum atomic E-state index is 3.56. The molecule has 0 atom stereocenters. The summed E-state index contributed by atoms with van der Waals surface area (Å²) in [6.45, 7) is 13.3. The number of nitrogens with one attached hydrogen (secondary N) is 1. The van der Waals surface area contributed by atoms with Gasteiger partial charge < -0.3 is 10.2 Å². The van der Waals surface area contributed by atoms with Crippen LogP contribution in [0.4, 0.5) is 0 Å². The van der Waals surface area contributed by atoms with Crippen LogP contribution in [0.3, 0.4) is 0 Å². The van der Waals surface area contributed by atoms with Crippen molar-refractivity contribution < 1.29 is 0 Å². The summed E-state index contributed by atoms with van der Waals surface area (Å²) < 4.78 is 0. The molecule has 1 aliphatic heterocycles. The minimum absolute atomic E-state index is 0.131. The molecule has 98 valence electrons. The van der Waals surface area contributed by atoms with Crippen molar-refractivity contribution in [3.63, 3.8) is 0 Å². The van der Waals surface area contributed by atoms with Gasteiger partial charge in [0, 0.05) is 11.5 Å². The quantitative estimate of drug-likeness (QED) is 0.755. The highest BCUT2D eigenvalue weighted by molar-refractivity contribution is 5.08. The van der Waals surface area contributed by atoms with Gasteiger partial charge in [-0.25, -0.2) is 0 Å². The van der Waals surface area contributed by atoms with Crippen molar-refractivity contribution in [1.29, 1.82) is 0 Å². The molecule has 1 N–H and O–H groups in total. The van der Waals surface area contributed by atoms with E-state index in [1.165, 1.54) is 38.9 Å². The summed E-state index contributed by atoms with van der Waals surface area (Å²) in [5.41, 5.74) is 0.131. The van der Waals surface area contributed by atoms with Crippen LogP contribution in [0.25, 0.3) is 0 Å². The molecule has 1 rings (SSSR count). The van der Waals surface area contributed by atoms with Crippen molar-refractivity contribution in [3.05, 3.63) is 0 Å². The third kappa shape index (κ3) is 6.71. The first-order valence-electron chi connectivity index (χ1n) is 6.97. The zero-order valence-corrected chi connectivity index (χ0v) is 12.0. The van der Waals surface area contributed by atoms with E-state index in [4.69, 9.17) is 0 Å². The summed E-state index contributed by atoms with van der Waals surface area (Å²) >= 11 is 0. The Morgan fingerprint density at radius 3 is 2.41 bits per heavy atom. The van der Waals surface area contributed by atoms with Crippen LogP contribution >= 0.6 is 0 Å². The topological polar surface area (TPSA) is 15.3 Å². The predicted molar refractivity (Wildman–Crippen MR) is 75.0 cm³/mol. The van der Waals surface area contributed by atoms with Gasteiger partial charge in [-0.05, 0) is 59.7 Å². The molecular formula is C15H28N2. The van der Waals surface area contributed by atoms with Gasteiger partial charge in [0.15, 0.2) is 0 Å². The van der Waals surface area contributed by atoms with Gasteiger partial charge in [0.1, 0.15) is 0 Å². The van der Waals surface area contributed by atoms with Crippen molar-refractivity contribution in [2.24, 2.45) is 5.41 Å². The van der Waals surface area contributed by atoms with E-state index in [1.807, 2.05) is 0 Å². The van der Waals surface area contributed by atoms with Crippen molar-refractivity contribution in [2.75, 3.05) is 26.2 Å². The van der Waals surface area contributed by atoms with Crippen LogP contribution in [-0.2, 0) is 0 Å². The smallest absolute Gasteiger partial charge is 0.0578 e. The van der Waals surface area contributed by atoms with Crippen molar-refractivity contribution >= 4 is 0 Å². The summed E-state index contributed by atoms with van der Waals surface area (Å²) in [7, 11) is 0. The number of likely N-dealkylation sites (tertiary alicyclic amines) is 1. The minimum Gasteiger partial charge on any atom is -0.303 e. The second-order valence-corrected chi connectivity index (χ2v) is 6.05. The van der Waals surface area contributed by atoms with Crippen molar-refractivity contribution in [3.8, 4) is 11.8 Å². The van der Waals surface area contributed by atoms with Crippen molar-refractivity contribution in [1.82, 2.24) is 10.2 Å². The van der Waals surface area contributed by atoms with Crippen molar-refractivity contribution in [2.45, 2.75) is 53.0 Å². The first kappa shape index (κ1) is 14.5. The fourth-order valence-electron chi connectivity index (χ4n) is 2.18. The van der Waals surface area contributed by atoms with Crippen LogP contribution in [0.5, 0.6) is 0 Å². The molecule has 1 fully saturated rings. The van der Waals surface area contributed by atoms with E-state index >= 15 is 0 Å². The lowest BCUT2D eigenvalue weighted by Crippen LogP contribution is -2.42. The SMILES string of the molecule is CCCN1CCC(NCC#CC(C)(C)C)CC1. The third-order valence-electron chi connectivity index (χ3n) is 3.07. The van der Waals surface area contributed by atoms with Crippen LogP contribution in [0.1, 0.15) is 47.0 Å². The Morgan fingerprint density at radius 2 is 1.88 bits per heavy atom. The van der Waals surface area contributed by atoms with E-state index in [9.17, 15) is 0 Å². The molecular weight excluding hydrogens is 208 g/mol. The van der Waals surface area contributed by atoms with Crippen LogP contribution < -0.4 is 5.32 Å². The van der Waals surface area contributed by atoms with E-state index in [-0.39, 0.29) is 5.41 Å². The summed E-state index contributed by atoms with van der Waals surface area (Å²) in [6.07, 6.45) is 3.82. The van der Waals surface area contributed by atoms with Crippen LogP contribution in [-0.4, -0.2) is 37.1 Å². The minimum atomic E-state index is 0.131. The Morgan fingerprint density at radius 1 is 1.24 bits per heavy atom. The molecule has 0 saturated carbocycles. The second kappa shape index (κ2) is 7.03. The summed E-state index contributed by atoms with van der Waals surface area (Å²) in [4.78, 5) is 2.57. The zero-order valence-electron chi connectivity index (χ0n) is 12.0. The predicted octanol–water partition coefficient (Wildman–Crippen LogP) is 2.50. The largest absolute Gasteiger partial charge is 0.303 e. The Bertz CT molecular complexity index is 259. The molecule has 1 heterocycles. The Kier molecular flexibility index (Phi) is 6.02. The zero-order chi connectivity index (χ0) is 12.7. The average Bonchev–Trinajstić information content (AvgIpc) is 2.26. The lowest BCUT2D eigenvalue weighted by molar-refractivity contribution is 0.200. The maximum Gasteiger partial charge on any atom is 0.0578 e. The summed E-state index contributed by atoms with van der Waals surface area (Å²) in [6, 6.07) is 0.678.